The van der Waals surface area contributed by atoms with E-state index in [1.807, 2.05) is 13.8 Å². The first-order valence-corrected chi connectivity index (χ1v) is 3.95. The zero-order chi connectivity index (χ0) is 8.27. The van der Waals surface area contributed by atoms with Gasteiger partial charge in [-0.2, -0.15) is 5.10 Å². The Morgan fingerprint density at radius 1 is 1.73 bits per heavy atom. The van der Waals surface area contributed by atoms with Gasteiger partial charge in [-0.3, -0.25) is 5.10 Å². The highest BCUT2D eigenvalue weighted by atomic mass is 15.1. The molecular weight excluding hydrogens is 138 g/mol. The van der Waals surface area contributed by atoms with Crippen molar-refractivity contribution in [2.24, 2.45) is 5.73 Å². The number of aromatic nitrogens is 2. The second-order valence-electron chi connectivity index (χ2n) is 3.06. The lowest BCUT2D eigenvalue weighted by molar-refractivity contribution is 0.657. The molecule has 62 valence electrons. The Bertz CT molecular complexity index is 215. The summed E-state index contributed by atoms with van der Waals surface area (Å²) in [7, 11) is 0. The highest BCUT2D eigenvalue weighted by molar-refractivity contribution is 5.06. The molecule has 0 aliphatic heterocycles. The topological polar surface area (TPSA) is 54.7 Å². The lowest BCUT2D eigenvalue weighted by atomic mass is 10.1. The standard InChI is InChI=1S/C8H15N3/c1-6(9)3-4-8-5-7(2)10-11-8/h5-6H,3-4,9H2,1-2H3,(H,10,11). The number of nitrogens with zero attached hydrogens (tertiary/aromatic N) is 1. The number of rotatable bonds is 3. The van der Waals surface area contributed by atoms with Crippen molar-refractivity contribution in [3.8, 4) is 0 Å². The maximum absolute atomic E-state index is 5.61. The molecule has 1 heterocycles. The van der Waals surface area contributed by atoms with E-state index < -0.39 is 0 Å². The summed E-state index contributed by atoms with van der Waals surface area (Å²) in [5.74, 6) is 0. The number of aryl methyl sites for hydroxylation is 2. The molecule has 0 saturated heterocycles. The Kier molecular flexibility index (Phi) is 2.65. The van der Waals surface area contributed by atoms with Crippen molar-refractivity contribution in [1.29, 1.82) is 0 Å². The Morgan fingerprint density at radius 3 is 2.91 bits per heavy atom. The van der Waals surface area contributed by atoms with Crippen LogP contribution in [0.15, 0.2) is 6.07 Å². The van der Waals surface area contributed by atoms with Crippen molar-refractivity contribution < 1.29 is 0 Å². The molecule has 3 nitrogen and oxygen atoms in total. The minimum atomic E-state index is 0.270. The number of H-pyrrole nitrogens is 1. The van der Waals surface area contributed by atoms with Crippen LogP contribution in [-0.2, 0) is 6.42 Å². The van der Waals surface area contributed by atoms with Gasteiger partial charge in [-0.25, -0.2) is 0 Å². The van der Waals surface area contributed by atoms with E-state index in [1.54, 1.807) is 0 Å². The van der Waals surface area contributed by atoms with Gasteiger partial charge in [-0.15, -0.1) is 0 Å². The quantitative estimate of drug-likeness (QED) is 0.680. The van der Waals surface area contributed by atoms with Gasteiger partial charge in [0, 0.05) is 11.7 Å². The summed E-state index contributed by atoms with van der Waals surface area (Å²) in [6, 6.07) is 2.33. The molecule has 11 heavy (non-hydrogen) atoms. The number of nitrogens with one attached hydrogen (secondary N) is 1. The zero-order valence-electron chi connectivity index (χ0n) is 7.09. The normalized spacial score (nSPS) is 13.4. The van der Waals surface area contributed by atoms with E-state index in [4.69, 9.17) is 5.73 Å². The fraction of sp³-hybridized carbons (Fsp3) is 0.625. The molecule has 1 aromatic heterocycles. The van der Waals surface area contributed by atoms with Gasteiger partial charge in [0.15, 0.2) is 0 Å². The molecule has 3 heteroatoms. The average Bonchev–Trinajstić information content (AvgIpc) is 2.31. The highest BCUT2D eigenvalue weighted by Gasteiger charge is 1.99. The summed E-state index contributed by atoms with van der Waals surface area (Å²) < 4.78 is 0. The van der Waals surface area contributed by atoms with Crippen molar-refractivity contribution in [2.45, 2.75) is 32.7 Å². The van der Waals surface area contributed by atoms with E-state index in [9.17, 15) is 0 Å². The minimum Gasteiger partial charge on any atom is -0.328 e. The predicted molar refractivity (Wildman–Crippen MR) is 45.3 cm³/mol. The molecule has 0 saturated carbocycles. The third-order valence-electron chi connectivity index (χ3n) is 1.61. The second kappa shape index (κ2) is 3.53. The molecule has 0 aliphatic carbocycles. The maximum atomic E-state index is 5.61. The smallest absolute Gasteiger partial charge is 0.0625 e. The SMILES string of the molecule is Cc1cc(CCC(C)N)n[nH]1. The fourth-order valence-corrected chi connectivity index (χ4v) is 0.978. The molecule has 0 bridgehead atoms. The van der Waals surface area contributed by atoms with Crippen molar-refractivity contribution in [1.82, 2.24) is 10.2 Å². The number of nitrogens with two attached hydrogens (primary N) is 1. The molecule has 1 aromatic rings. The van der Waals surface area contributed by atoms with Crippen LogP contribution in [0, 0.1) is 6.92 Å². The number of hydrogen-bond donors (Lipinski definition) is 2. The summed E-state index contributed by atoms with van der Waals surface area (Å²) in [6.45, 7) is 4.02. The van der Waals surface area contributed by atoms with Crippen LogP contribution in [-0.4, -0.2) is 16.2 Å². The van der Waals surface area contributed by atoms with Gasteiger partial charge in [-0.05, 0) is 32.8 Å². The summed E-state index contributed by atoms with van der Waals surface area (Å²) in [4.78, 5) is 0. The Morgan fingerprint density at radius 2 is 2.45 bits per heavy atom. The van der Waals surface area contributed by atoms with Gasteiger partial charge in [0.2, 0.25) is 0 Å². The molecule has 0 aliphatic rings. The summed E-state index contributed by atoms with van der Waals surface area (Å²) in [5.41, 5.74) is 7.84. The van der Waals surface area contributed by atoms with Crippen LogP contribution in [0.25, 0.3) is 0 Å². The van der Waals surface area contributed by atoms with Gasteiger partial charge in [0.1, 0.15) is 0 Å². The van der Waals surface area contributed by atoms with Crippen LogP contribution in [0.3, 0.4) is 0 Å². The first-order chi connectivity index (χ1) is 5.18. The monoisotopic (exact) mass is 153 g/mol. The van der Waals surface area contributed by atoms with Crippen molar-refractivity contribution >= 4 is 0 Å². The molecule has 3 N–H and O–H groups in total. The van der Waals surface area contributed by atoms with Crippen LogP contribution in [0.5, 0.6) is 0 Å². The third kappa shape index (κ3) is 2.72. The van der Waals surface area contributed by atoms with Crippen molar-refractivity contribution in [2.75, 3.05) is 0 Å². The molecule has 0 fully saturated rings. The van der Waals surface area contributed by atoms with E-state index in [1.165, 1.54) is 0 Å². The lowest BCUT2D eigenvalue weighted by Gasteiger charge is -2.00. The van der Waals surface area contributed by atoms with E-state index >= 15 is 0 Å². The van der Waals surface area contributed by atoms with E-state index in [-0.39, 0.29) is 6.04 Å². The summed E-state index contributed by atoms with van der Waals surface area (Å²) in [6.07, 6.45) is 1.98. The average molecular weight is 153 g/mol. The Hall–Kier alpha value is -0.830. The molecule has 0 aromatic carbocycles. The van der Waals surface area contributed by atoms with Gasteiger partial charge in [-0.1, -0.05) is 0 Å². The van der Waals surface area contributed by atoms with Crippen LogP contribution >= 0.6 is 0 Å². The number of hydrogen-bond acceptors (Lipinski definition) is 2. The van der Waals surface area contributed by atoms with Crippen LogP contribution in [0.2, 0.25) is 0 Å². The first-order valence-electron chi connectivity index (χ1n) is 3.95. The lowest BCUT2D eigenvalue weighted by Crippen LogP contribution is -2.15. The second-order valence-corrected chi connectivity index (χ2v) is 3.06. The van der Waals surface area contributed by atoms with Gasteiger partial charge >= 0.3 is 0 Å². The highest BCUT2D eigenvalue weighted by Crippen LogP contribution is 2.02. The number of aromatic amines is 1. The molecule has 0 amide bonds. The first kappa shape index (κ1) is 8.27. The van der Waals surface area contributed by atoms with Gasteiger partial charge < -0.3 is 5.73 Å². The third-order valence-corrected chi connectivity index (χ3v) is 1.61. The maximum Gasteiger partial charge on any atom is 0.0625 e. The van der Waals surface area contributed by atoms with E-state index in [0.717, 1.165) is 24.2 Å². The van der Waals surface area contributed by atoms with Crippen LogP contribution < -0.4 is 5.73 Å². The van der Waals surface area contributed by atoms with Crippen LogP contribution in [0.4, 0.5) is 0 Å². The predicted octanol–water partition coefficient (Wildman–Crippen LogP) is 0.998. The summed E-state index contributed by atoms with van der Waals surface area (Å²) in [5, 5.41) is 7.01. The largest absolute Gasteiger partial charge is 0.328 e. The van der Waals surface area contributed by atoms with E-state index in [0.29, 0.717) is 0 Å². The van der Waals surface area contributed by atoms with Crippen molar-refractivity contribution in [3.05, 3.63) is 17.5 Å². The summed E-state index contributed by atoms with van der Waals surface area (Å²) >= 11 is 0. The molecule has 1 rings (SSSR count). The Labute approximate surface area is 67.0 Å². The molecule has 0 spiro atoms. The van der Waals surface area contributed by atoms with Gasteiger partial charge in [0.25, 0.3) is 0 Å². The van der Waals surface area contributed by atoms with Gasteiger partial charge in [0.05, 0.1) is 5.69 Å². The van der Waals surface area contributed by atoms with Crippen molar-refractivity contribution in [3.63, 3.8) is 0 Å². The Balaban J connectivity index is 2.39. The fourth-order valence-electron chi connectivity index (χ4n) is 0.978. The minimum absolute atomic E-state index is 0.270. The molecular formula is C8H15N3. The van der Waals surface area contributed by atoms with E-state index in [2.05, 4.69) is 16.3 Å². The molecule has 0 radical (unpaired) electrons. The molecule has 1 atom stereocenters. The van der Waals surface area contributed by atoms with Crippen LogP contribution in [0.1, 0.15) is 24.7 Å². The molecule has 1 unspecified atom stereocenters. The zero-order valence-corrected chi connectivity index (χ0v) is 7.09.